The van der Waals surface area contributed by atoms with Gasteiger partial charge in [-0.3, -0.25) is 9.59 Å². The summed E-state index contributed by atoms with van der Waals surface area (Å²) in [7, 11) is 1.63. The zero-order chi connectivity index (χ0) is 26.7. The SMILES string of the molecule is CC[C@H](C)OC(=O)C1=C(C)NC2=C(C(=O)C[C@H](c3ccc(OC)cc3)C2)[C@H]1c1ccc(OC(C)=O)cc1. The van der Waals surface area contributed by atoms with Crippen molar-refractivity contribution in [1.82, 2.24) is 5.32 Å². The summed E-state index contributed by atoms with van der Waals surface area (Å²) in [4.78, 5) is 38.5. The standard InChI is InChI=1S/C30H33NO6/c1-6-17(2)36-30(34)27-18(3)31-25-15-22(20-7-11-23(35-5)12-8-20)16-26(33)29(25)28(27)21-9-13-24(14-10-21)37-19(4)32/h7-14,17,22,28,31H,6,15-16H2,1-5H3/t17-,22+,28-/m0/s1. The molecule has 2 aliphatic rings. The number of nitrogens with one attached hydrogen (secondary N) is 1. The average Bonchev–Trinajstić information content (AvgIpc) is 2.87. The van der Waals surface area contributed by atoms with Crippen LogP contribution in [0.25, 0.3) is 0 Å². The molecule has 7 heteroatoms. The lowest BCUT2D eigenvalue weighted by Gasteiger charge is -2.37. The molecule has 7 nitrogen and oxygen atoms in total. The fraction of sp³-hybridized carbons (Fsp3) is 0.367. The minimum atomic E-state index is -0.580. The van der Waals surface area contributed by atoms with E-state index in [0.717, 1.165) is 22.6 Å². The number of allylic oxidation sites excluding steroid dienone is 3. The van der Waals surface area contributed by atoms with Gasteiger partial charge in [-0.15, -0.1) is 0 Å². The third-order valence-electron chi connectivity index (χ3n) is 6.99. The van der Waals surface area contributed by atoms with Gasteiger partial charge in [-0.25, -0.2) is 4.79 Å². The molecule has 0 radical (unpaired) electrons. The molecule has 0 unspecified atom stereocenters. The van der Waals surface area contributed by atoms with Gasteiger partial charge >= 0.3 is 11.9 Å². The highest BCUT2D eigenvalue weighted by Gasteiger charge is 2.41. The van der Waals surface area contributed by atoms with E-state index in [1.54, 1.807) is 31.4 Å². The molecule has 1 heterocycles. The summed E-state index contributed by atoms with van der Waals surface area (Å²) in [5.74, 6) is -0.266. The predicted octanol–water partition coefficient (Wildman–Crippen LogP) is 5.32. The van der Waals surface area contributed by atoms with Gasteiger partial charge in [0.1, 0.15) is 11.5 Å². The number of hydrogen-bond acceptors (Lipinski definition) is 7. The number of rotatable bonds is 7. The Hall–Kier alpha value is -3.87. The molecule has 0 saturated heterocycles. The van der Waals surface area contributed by atoms with Crippen molar-refractivity contribution in [1.29, 1.82) is 0 Å². The van der Waals surface area contributed by atoms with Crippen molar-refractivity contribution in [2.45, 2.75) is 64.9 Å². The van der Waals surface area contributed by atoms with Gasteiger partial charge in [-0.1, -0.05) is 31.2 Å². The first-order valence-corrected chi connectivity index (χ1v) is 12.6. The molecule has 3 atom stereocenters. The molecule has 0 saturated carbocycles. The third-order valence-corrected chi connectivity index (χ3v) is 6.99. The number of carbonyl (C=O) groups is 3. The molecule has 0 fully saturated rings. The molecule has 2 aromatic carbocycles. The summed E-state index contributed by atoms with van der Waals surface area (Å²) < 4.78 is 16.2. The number of benzene rings is 2. The predicted molar refractivity (Wildman–Crippen MR) is 139 cm³/mol. The summed E-state index contributed by atoms with van der Waals surface area (Å²) in [5, 5.41) is 3.37. The van der Waals surface area contributed by atoms with Gasteiger partial charge in [0.25, 0.3) is 0 Å². The van der Waals surface area contributed by atoms with Crippen molar-refractivity contribution in [3.8, 4) is 11.5 Å². The topological polar surface area (TPSA) is 90.9 Å². The first kappa shape index (κ1) is 26.2. The van der Waals surface area contributed by atoms with Gasteiger partial charge in [0.05, 0.1) is 18.8 Å². The van der Waals surface area contributed by atoms with Crippen LogP contribution < -0.4 is 14.8 Å². The first-order valence-electron chi connectivity index (χ1n) is 12.6. The smallest absolute Gasteiger partial charge is 0.337 e. The van der Waals surface area contributed by atoms with Crippen LogP contribution in [0.5, 0.6) is 11.5 Å². The van der Waals surface area contributed by atoms with Gasteiger partial charge < -0.3 is 19.5 Å². The Balaban J connectivity index is 1.74. The molecule has 4 rings (SSSR count). The first-order chi connectivity index (χ1) is 17.7. The minimum Gasteiger partial charge on any atom is -0.497 e. The second-order valence-corrected chi connectivity index (χ2v) is 9.58. The zero-order valence-electron chi connectivity index (χ0n) is 21.9. The van der Waals surface area contributed by atoms with Crippen LogP contribution in [-0.4, -0.2) is 30.9 Å². The molecule has 0 bridgehead atoms. The summed E-state index contributed by atoms with van der Waals surface area (Å²) in [6.45, 7) is 6.99. The average molecular weight is 504 g/mol. The summed E-state index contributed by atoms with van der Waals surface area (Å²) in [6, 6.07) is 14.7. The molecule has 0 aromatic heterocycles. The Morgan fingerprint density at radius 3 is 2.22 bits per heavy atom. The Morgan fingerprint density at radius 1 is 1.00 bits per heavy atom. The monoisotopic (exact) mass is 503 g/mol. The fourth-order valence-corrected chi connectivity index (χ4v) is 4.98. The molecular weight excluding hydrogens is 470 g/mol. The van der Waals surface area contributed by atoms with E-state index >= 15 is 0 Å². The van der Waals surface area contributed by atoms with E-state index < -0.39 is 17.9 Å². The van der Waals surface area contributed by atoms with Crippen molar-refractivity contribution >= 4 is 17.7 Å². The number of ketones is 1. The van der Waals surface area contributed by atoms with Gasteiger partial charge in [-0.05, 0) is 68.0 Å². The fourth-order valence-electron chi connectivity index (χ4n) is 4.98. The van der Waals surface area contributed by atoms with Crippen LogP contribution in [0.4, 0.5) is 0 Å². The van der Waals surface area contributed by atoms with Gasteiger partial charge in [0.2, 0.25) is 0 Å². The van der Waals surface area contributed by atoms with E-state index in [1.165, 1.54) is 6.92 Å². The van der Waals surface area contributed by atoms with E-state index in [9.17, 15) is 14.4 Å². The molecule has 0 amide bonds. The lowest BCUT2D eigenvalue weighted by Crippen LogP contribution is -2.36. The molecule has 2 aromatic rings. The second kappa shape index (κ2) is 11.0. The van der Waals surface area contributed by atoms with Crippen molar-refractivity contribution in [2.75, 3.05) is 7.11 Å². The van der Waals surface area contributed by atoms with Crippen LogP contribution in [0.15, 0.2) is 71.1 Å². The quantitative estimate of drug-likeness (QED) is 0.404. The molecule has 1 aliphatic carbocycles. The van der Waals surface area contributed by atoms with Crippen LogP contribution in [0.1, 0.15) is 69.9 Å². The van der Waals surface area contributed by atoms with E-state index in [-0.39, 0.29) is 17.8 Å². The molecule has 1 aliphatic heterocycles. The van der Waals surface area contributed by atoms with Crippen LogP contribution in [-0.2, 0) is 19.1 Å². The highest BCUT2D eigenvalue weighted by atomic mass is 16.5. The Labute approximate surface area is 217 Å². The van der Waals surface area contributed by atoms with Crippen LogP contribution >= 0.6 is 0 Å². The Bertz CT molecular complexity index is 1260. The van der Waals surface area contributed by atoms with Gasteiger partial charge in [0, 0.05) is 36.2 Å². The molecular formula is C30H33NO6. The number of carbonyl (C=O) groups excluding carboxylic acids is 3. The highest BCUT2D eigenvalue weighted by Crippen LogP contribution is 2.46. The van der Waals surface area contributed by atoms with Crippen LogP contribution in [0, 0.1) is 0 Å². The summed E-state index contributed by atoms with van der Waals surface area (Å²) >= 11 is 0. The van der Waals surface area contributed by atoms with E-state index in [1.807, 2.05) is 45.0 Å². The number of Topliss-reactive ketones (excluding diaryl/α,β-unsaturated/α-hetero) is 1. The largest absolute Gasteiger partial charge is 0.497 e. The summed E-state index contributed by atoms with van der Waals surface area (Å²) in [5.41, 5.74) is 4.33. The lowest BCUT2D eigenvalue weighted by atomic mass is 9.71. The van der Waals surface area contributed by atoms with Crippen molar-refractivity contribution in [2.24, 2.45) is 0 Å². The van der Waals surface area contributed by atoms with E-state index in [0.29, 0.717) is 41.9 Å². The Morgan fingerprint density at radius 2 is 1.62 bits per heavy atom. The maximum absolute atomic E-state index is 13.7. The van der Waals surface area contributed by atoms with Crippen LogP contribution in [0.3, 0.4) is 0 Å². The van der Waals surface area contributed by atoms with Crippen molar-refractivity contribution < 1.29 is 28.6 Å². The van der Waals surface area contributed by atoms with Gasteiger partial charge in [-0.2, -0.15) is 0 Å². The minimum absolute atomic E-state index is 0.00929. The number of hydrogen-bond donors (Lipinski definition) is 1. The number of esters is 2. The summed E-state index contributed by atoms with van der Waals surface area (Å²) in [6.07, 6.45) is 1.41. The van der Waals surface area contributed by atoms with Crippen LogP contribution in [0.2, 0.25) is 0 Å². The van der Waals surface area contributed by atoms with Gasteiger partial charge in [0.15, 0.2) is 5.78 Å². The number of dihydropyridines is 1. The second-order valence-electron chi connectivity index (χ2n) is 9.58. The maximum Gasteiger partial charge on any atom is 0.337 e. The maximum atomic E-state index is 13.7. The highest BCUT2D eigenvalue weighted by molar-refractivity contribution is 6.04. The lowest BCUT2D eigenvalue weighted by molar-refractivity contribution is -0.144. The molecule has 1 N–H and O–H groups in total. The zero-order valence-corrected chi connectivity index (χ0v) is 21.9. The molecule has 194 valence electrons. The molecule has 0 spiro atoms. The normalized spacial score (nSPS) is 20.1. The van der Waals surface area contributed by atoms with E-state index in [4.69, 9.17) is 14.2 Å². The van der Waals surface area contributed by atoms with Crippen molar-refractivity contribution in [3.05, 3.63) is 82.2 Å². The van der Waals surface area contributed by atoms with Crippen molar-refractivity contribution in [3.63, 3.8) is 0 Å². The Kier molecular flexibility index (Phi) is 7.81. The molecule has 37 heavy (non-hydrogen) atoms. The van der Waals surface area contributed by atoms with E-state index in [2.05, 4.69) is 5.32 Å². The third kappa shape index (κ3) is 5.61. The number of methoxy groups -OCH3 is 1. The number of ether oxygens (including phenoxy) is 3.